The van der Waals surface area contributed by atoms with E-state index < -0.39 is 17.9 Å². The van der Waals surface area contributed by atoms with Crippen LogP contribution in [0.25, 0.3) is 23.3 Å². The number of nitrogens with zero attached hydrogens (tertiary/aromatic N) is 2. The number of aromatic nitrogens is 2. The molecule has 198 valence electrons. The van der Waals surface area contributed by atoms with Crippen LogP contribution in [0.3, 0.4) is 0 Å². The summed E-state index contributed by atoms with van der Waals surface area (Å²) in [4.78, 5) is 25.0. The third kappa shape index (κ3) is 7.55. The highest BCUT2D eigenvalue weighted by molar-refractivity contribution is 7.98. The maximum absolute atomic E-state index is 13.3. The molecular weight excluding hydrogens is 510 g/mol. The number of amides is 1. The molecule has 8 heteroatoms. The van der Waals surface area contributed by atoms with Crippen molar-refractivity contribution in [3.8, 4) is 22.8 Å². The van der Waals surface area contributed by atoms with Crippen LogP contribution in [-0.4, -0.2) is 45.2 Å². The number of carboxylic acid groups (broad SMARTS) is 1. The lowest BCUT2D eigenvalue weighted by Crippen LogP contribution is -2.41. The topological polar surface area (TPSA) is 101 Å². The van der Waals surface area contributed by atoms with E-state index in [-0.39, 0.29) is 0 Å². The van der Waals surface area contributed by atoms with Crippen LogP contribution in [0.2, 0.25) is 0 Å². The van der Waals surface area contributed by atoms with E-state index in [0.29, 0.717) is 35.1 Å². The Bertz CT molecular complexity index is 1460. The summed E-state index contributed by atoms with van der Waals surface area (Å²) in [6.07, 6.45) is 5.98. The predicted molar refractivity (Wildman–Crippen MR) is 156 cm³/mol. The summed E-state index contributed by atoms with van der Waals surface area (Å²) in [6, 6.07) is 25.2. The van der Waals surface area contributed by atoms with Crippen LogP contribution in [-0.2, 0) is 4.79 Å². The third-order valence-electron chi connectivity index (χ3n) is 6.01. The van der Waals surface area contributed by atoms with E-state index in [2.05, 4.69) is 15.5 Å². The van der Waals surface area contributed by atoms with Crippen molar-refractivity contribution in [3.05, 3.63) is 107 Å². The number of aliphatic carboxylic acids is 1. The van der Waals surface area contributed by atoms with Gasteiger partial charge in [0, 0.05) is 11.6 Å². The number of ether oxygens (including phenoxy) is 1. The molecular formula is C31H29N3O4S. The maximum atomic E-state index is 13.3. The first kappa shape index (κ1) is 27.6. The summed E-state index contributed by atoms with van der Waals surface area (Å²) >= 11 is 1.54. The van der Waals surface area contributed by atoms with E-state index in [0.717, 1.165) is 22.3 Å². The molecule has 7 nitrogen and oxygen atoms in total. The molecule has 0 bridgehead atoms. The zero-order valence-corrected chi connectivity index (χ0v) is 22.5. The third-order valence-corrected chi connectivity index (χ3v) is 6.65. The van der Waals surface area contributed by atoms with Crippen molar-refractivity contribution in [2.45, 2.75) is 19.4 Å². The van der Waals surface area contributed by atoms with Gasteiger partial charge in [-0.25, -0.2) is 4.79 Å². The summed E-state index contributed by atoms with van der Waals surface area (Å²) in [6.45, 7) is 1.98. The second-order valence-corrected chi connectivity index (χ2v) is 9.80. The number of hydrogen-bond donors (Lipinski definition) is 2. The highest BCUT2D eigenvalue weighted by Crippen LogP contribution is 2.29. The van der Waals surface area contributed by atoms with E-state index >= 15 is 0 Å². The average molecular weight is 540 g/mol. The van der Waals surface area contributed by atoms with Crippen molar-refractivity contribution in [2.24, 2.45) is 0 Å². The van der Waals surface area contributed by atoms with Crippen molar-refractivity contribution in [2.75, 3.05) is 12.0 Å². The van der Waals surface area contributed by atoms with E-state index in [1.807, 2.05) is 98.1 Å². The Morgan fingerprint density at radius 1 is 0.949 bits per heavy atom. The molecule has 0 spiro atoms. The lowest BCUT2D eigenvalue weighted by molar-refractivity contribution is -0.139. The Morgan fingerprint density at radius 2 is 1.72 bits per heavy atom. The lowest BCUT2D eigenvalue weighted by atomic mass is 9.93. The second-order valence-electron chi connectivity index (χ2n) is 8.81. The number of thioether (sulfide) groups is 1. The van der Waals surface area contributed by atoms with Crippen LogP contribution in [0.4, 0.5) is 0 Å². The highest BCUT2D eigenvalue weighted by Gasteiger charge is 2.22. The van der Waals surface area contributed by atoms with Crippen molar-refractivity contribution in [1.29, 1.82) is 0 Å². The smallest absolute Gasteiger partial charge is 0.326 e. The fourth-order valence-electron chi connectivity index (χ4n) is 3.96. The molecule has 0 saturated carbocycles. The van der Waals surface area contributed by atoms with Crippen LogP contribution in [0.5, 0.6) is 11.6 Å². The summed E-state index contributed by atoms with van der Waals surface area (Å²) in [5.41, 5.74) is 4.54. The number of rotatable bonds is 11. The number of benzene rings is 3. The van der Waals surface area contributed by atoms with Gasteiger partial charge in [-0.2, -0.15) is 11.8 Å². The Labute approximate surface area is 232 Å². The molecule has 1 heterocycles. The van der Waals surface area contributed by atoms with Gasteiger partial charge in [-0.15, -0.1) is 10.2 Å². The van der Waals surface area contributed by atoms with Gasteiger partial charge < -0.3 is 15.2 Å². The lowest BCUT2D eigenvalue weighted by Gasteiger charge is -2.17. The molecule has 1 unspecified atom stereocenters. The van der Waals surface area contributed by atoms with Crippen LogP contribution in [0.15, 0.2) is 84.9 Å². The normalized spacial score (nSPS) is 11.7. The number of carboxylic acids is 1. The minimum Gasteiger partial charge on any atom is -0.480 e. The Hall–Kier alpha value is -4.43. The Balaban J connectivity index is 1.58. The number of para-hydroxylation sites is 1. The molecule has 0 radical (unpaired) electrons. The summed E-state index contributed by atoms with van der Waals surface area (Å²) in [5.74, 6) is 0.246. The van der Waals surface area contributed by atoms with Gasteiger partial charge in [-0.05, 0) is 84.0 Å². The molecule has 3 aromatic carbocycles. The highest BCUT2D eigenvalue weighted by atomic mass is 32.2. The Kier molecular flexibility index (Phi) is 9.48. The molecule has 1 amide bonds. The Morgan fingerprint density at radius 3 is 2.41 bits per heavy atom. The molecule has 1 aromatic heterocycles. The predicted octanol–water partition coefficient (Wildman–Crippen LogP) is 6.35. The van der Waals surface area contributed by atoms with Gasteiger partial charge in [-0.3, -0.25) is 4.79 Å². The molecule has 4 aromatic rings. The van der Waals surface area contributed by atoms with Gasteiger partial charge in [0.2, 0.25) is 5.88 Å². The number of carbonyl (C=O) groups is 2. The number of hydrogen-bond acceptors (Lipinski definition) is 6. The quantitative estimate of drug-likeness (QED) is 0.229. The fourth-order valence-corrected chi connectivity index (χ4v) is 4.43. The minimum absolute atomic E-state index is 0.346. The van der Waals surface area contributed by atoms with Gasteiger partial charge in [0.25, 0.3) is 5.91 Å². The van der Waals surface area contributed by atoms with Gasteiger partial charge in [0.15, 0.2) is 0 Å². The molecule has 0 saturated heterocycles. The first-order valence-corrected chi connectivity index (χ1v) is 13.8. The molecule has 0 aliphatic rings. The molecule has 39 heavy (non-hydrogen) atoms. The minimum atomic E-state index is -1.05. The molecule has 2 N–H and O–H groups in total. The molecule has 1 atom stereocenters. The van der Waals surface area contributed by atoms with E-state index in [1.54, 1.807) is 12.1 Å². The van der Waals surface area contributed by atoms with Crippen molar-refractivity contribution < 1.29 is 19.4 Å². The summed E-state index contributed by atoms with van der Waals surface area (Å²) < 4.78 is 5.70. The van der Waals surface area contributed by atoms with Crippen molar-refractivity contribution >= 4 is 35.8 Å². The molecule has 0 aliphatic heterocycles. The standard InChI is InChI=1S/C31H29N3O4S/c1-21-8-6-7-11-25(21)27-20-22(13-16-26(27)30(35)32-28(31(36)37)18-19-39-2)12-14-23-15-17-29(34-33-23)38-24-9-4-3-5-10-24/h3-17,20,28H,18-19H2,1-2H3,(H,32,35)(H,36,37)/b14-12+. The van der Waals surface area contributed by atoms with Gasteiger partial charge in [-0.1, -0.05) is 54.6 Å². The van der Waals surface area contributed by atoms with Crippen LogP contribution < -0.4 is 10.1 Å². The van der Waals surface area contributed by atoms with Gasteiger partial charge in [0.1, 0.15) is 11.8 Å². The first-order chi connectivity index (χ1) is 18.9. The number of nitrogens with one attached hydrogen (secondary N) is 1. The van der Waals surface area contributed by atoms with E-state index in [1.165, 1.54) is 11.8 Å². The van der Waals surface area contributed by atoms with Crippen LogP contribution in [0, 0.1) is 6.92 Å². The zero-order chi connectivity index (χ0) is 27.6. The van der Waals surface area contributed by atoms with E-state index in [9.17, 15) is 14.7 Å². The SMILES string of the molecule is CSCCC(NC(=O)c1ccc(/C=C/c2ccc(Oc3ccccc3)nn2)cc1-c1ccccc1C)C(=O)O. The van der Waals surface area contributed by atoms with Gasteiger partial charge in [0.05, 0.1) is 5.69 Å². The van der Waals surface area contributed by atoms with Crippen LogP contribution >= 0.6 is 11.8 Å². The summed E-state index contributed by atoms with van der Waals surface area (Å²) in [5, 5.41) is 20.6. The molecule has 0 aliphatic carbocycles. The second kappa shape index (κ2) is 13.4. The van der Waals surface area contributed by atoms with E-state index in [4.69, 9.17) is 4.74 Å². The number of carbonyl (C=O) groups excluding carboxylic acids is 1. The first-order valence-electron chi connectivity index (χ1n) is 12.4. The average Bonchev–Trinajstić information content (AvgIpc) is 2.95. The van der Waals surface area contributed by atoms with Crippen molar-refractivity contribution in [3.63, 3.8) is 0 Å². The maximum Gasteiger partial charge on any atom is 0.326 e. The summed E-state index contributed by atoms with van der Waals surface area (Å²) in [7, 11) is 0. The molecule has 4 rings (SSSR count). The number of aryl methyl sites for hydroxylation is 1. The van der Waals surface area contributed by atoms with Crippen molar-refractivity contribution in [1.82, 2.24) is 15.5 Å². The fraction of sp³-hybridized carbons (Fsp3) is 0.161. The largest absolute Gasteiger partial charge is 0.480 e. The monoisotopic (exact) mass is 539 g/mol. The van der Waals surface area contributed by atoms with Gasteiger partial charge >= 0.3 is 5.97 Å². The zero-order valence-electron chi connectivity index (χ0n) is 21.7. The van der Waals surface area contributed by atoms with Crippen LogP contribution in [0.1, 0.15) is 33.6 Å². The molecule has 0 fully saturated rings.